The predicted molar refractivity (Wildman–Crippen MR) is 86.9 cm³/mol. The molecule has 132 valence electrons. The van der Waals surface area contributed by atoms with E-state index in [0.717, 1.165) is 19.3 Å². The maximum atomic E-state index is 11.6. The number of allylic oxidation sites excluding steroid dienone is 2. The van der Waals surface area contributed by atoms with E-state index in [1.807, 2.05) is 13.0 Å². The molecule has 1 aliphatic rings. The number of aliphatic carboxylic acids is 2. The SMILES string of the molecule is CCCCC(CC)C(NC(O)C1CC=CCC1C(=O)O)C(=O)O. The largest absolute Gasteiger partial charge is 0.481 e. The molecule has 1 rings (SSSR count). The molecule has 0 aromatic rings. The first kappa shape index (κ1) is 19.6. The highest BCUT2D eigenvalue weighted by Crippen LogP contribution is 2.29. The lowest BCUT2D eigenvalue weighted by molar-refractivity contribution is -0.147. The van der Waals surface area contributed by atoms with Crippen LogP contribution < -0.4 is 5.32 Å². The minimum absolute atomic E-state index is 0.0792. The van der Waals surface area contributed by atoms with Crippen LogP contribution in [0.4, 0.5) is 0 Å². The second-order valence-electron chi connectivity index (χ2n) is 6.29. The van der Waals surface area contributed by atoms with Gasteiger partial charge >= 0.3 is 11.9 Å². The Balaban J connectivity index is 2.79. The lowest BCUT2D eigenvalue weighted by atomic mass is 9.81. The molecule has 1 aliphatic carbocycles. The Kier molecular flexibility index (Phi) is 8.26. The molecule has 23 heavy (non-hydrogen) atoms. The number of carbonyl (C=O) groups is 2. The molecule has 6 nitrogen and oxygen atoms in total. The van der Waals surface area contributed by atoms with Crippen LogP contribution >= 0.6 is 0 Å². The summed E-state index contributed by atoms with van der Waals surface area (Å²) in [4.78, 5) is 22.9. The first-order valence-electron chi connectivity index (χ1n) is 8.47. The number of aliphatic hydroxyl groups is 1. The number of rotatable bonds is 10. The van der Waals surface area contributed by atoms with E-state index in [9.17, 15) is 24.9 Å². The third-order valence-electron chi connectivity index (χ3n) is 4.75. The van der Waals surface area contributed by atoms with Gasteiger partial charge in [0.05, 0.1) is 5.92 Å². The van der Waals surface area contributed by atoms with Gasteiger partial charge in [-0.25, -0.2) is 0 Å². The summed E-state index contributed by atoms with van der Waals surface area (Å²) in [6, 6.07) is -0.859. The molecule has 0 bridgehead atoms. The Morgan fingerprint density at radius 2 is 1.87 bits per heavy atom. The fraction of sp³-hybridized carbons (Fsp3) is 0.765. The van der Waals surface area contributed by atoms with Gasteiger partial charge in [-0.05, 0) is 25.2 Å². The molecular weight excluding hydrogens is 298 g/mol. The minimum Gasteiger partial charge on any atom is -0.481 e. The Morgan fingerprint density at radius 1 is 1.22 bits per heavy atom. The zero-order valence-electron chi connectivity index (χ0n) is 13.9. The fourth-order valence-corrected chi connectivity index (χ4v) is 3.26. The first-order valence-corrected chi connectivity index (χ1v) is 8.47. The van der Waals surface area contributed by atoms with Crippen LogP contribution in [0.15, 0.2) is 12.2 Å². The van der Waals surface area contributed by atoms with Crippen LogP contribution in [0.5, 0.6) is 0 Å². The standard InChI is InChI=1S/C17H29NO5/c1-3-5-8-11(4-2)14(17(22)23)18-15(19)12-9-6-7-10-13(12)16(20)21/h6-7,11-15,18-19H,3-5,8-10H2,1-2H3,(H,20,21)(H,22,23). The summed E-state index contributed by atoms with van der Waals surface area (Å²) in [5.41, 5.74) is 0. The van der Waals surface area contributed by atoms with Gasteiger partial charge in [0, 0.05) is 5.92 Å². The molecule has 0 spiro atoms. The minimum atomic E-state index is -1.14. The van der Waals surface area contributed by atoms with E-state index >= 15 is 0 Å². The maximum Gasteiger partial charge on any atom is 0.321 e. The number of hydrogen-bond donors (Lipinski definition) is 4. The van der Waals surface area contributed by atoms with Gasteiger partial charge in [0.2, 0.25) is 0 Å². The zero-order valence-corrected chi connectivity index (χ0v) is 13.9. The quantitative estimate of drug-likeness (QED) is 0.362. The van der Waals surface area contributed by atoms with Gasteiger partial charge in [0.25, 0.3) is 0 Å². The summed E-state index contributed by atoms with van der Waals surface area (Å²) in [7, 11) is 0. The lowest BCUT2D eigenvalue weighted by Gasteiger charge is -2.33. The monoisotopic (exact) mass is 327 g/mol. The van der Waals surface area contributed by atoms with E-state index in [0.29, 0.717) is 19.3 Å². The highest BCUT2D eigenvalue weighted by atomic mass is 16.4. The topological polar surface area (TPSA) is 107 Å². The van der Waals surface area contributed by atoms with Crippen LogP contribution in [0.3, 0.4) is 0 Å². The van der Waals surface area contributed by atoms with Crippen LogP contribution in [-0.4, -0.2) is 39.5 Å². The molecule has 0 saturated carbocycles. The summed E-state index contributed by atoms with van der Waals surface area (Å²) in [5, 5.41) is 32.0. The summed E-state index contributed by atoms with van der Waals surface area (Å²) in [5.74, 6) is -3.23. The Hall–Kier alpha value is -1.40. The Bertz CT molecular complexity index is 423. The predicted octanol–water partition coefficient (Wildman–Crippen LogP) is 2.23. The number of aliphatic hydroxyl groups excluding tert-OH is 1. The number of carboxylic acids is 2. The average Bonchev–Trinajstić information content (AvgIpc) is 2.53. The van der Waals surface area contributed by atoms with Crippen LogP contribution in [0.1, 0.15) is 52.4 Å². The van der Waals surface area contributed by atoms with Gasteiger partial charge < -0.3 is 15.3 Å². The highest BCUT2D eigenvalue weighted by molar-refractivity contribution is 5.74. The average molecular weight is 327 g/mol. The van der Waals surface area contributed by atoms with E-state index in [-0.39, 0.29) is 5.92 Å². The van der Waals surface area contributed by atoms with Crippen LogP contribution in [0.2, 0.25) is 0 Å². The molecule has 0 amide bonds. The van der Waals surface area contributed by atoms with Crippen molar-refractivity contribution in [2.24, 2.45) is 17.8 Å². The fourth-order valence-electron chi connectivity index (χ4n) is 3.26. The third kappa shape index (κ3) is 5.62. The molecular formula is C17H29NO5. The van der Waals surface area contributed by atoms with Crippen molar-refractivity contribution in [2.75, 3.05) is 0 Å². The molecule has 5 unspecified atom stereocenters. The van der Waals surface area contributed by atoms with Gasteiger partial charge in [-0.3, -0.25) is 14.9 Å². The van der Waals surface area contributed by atoms with Crippen molar-refractivity contribution >= 4 is 11.9 Å². The molecule has 0 aromatic carbocycles. The van der Waals surface area contributed by atoms with Crippen molar-refractivity contribution < 1.29 is 24.9 Å². The normalized spacial score (nSPS) is 24.8. The van der Waals surface area contributed by atoms with Crippen molar-refractivity contribution in [3.63, 3.8) is 0 Å². The van der Waals surface area contributed by atoms with Gasteiger partial charge in [-0.15, -0.1) is 0 Å². The van der Waals surface area contributed by atoms with Crippen LogP contribution in [0.25, 0.3) is 0 Å². The van der Waals surface area contributed by atoms with Crippen molar-refractivity contribution in [3.05, 3.63) is 12.2 Å². The molecule has 0 heterocycles. The summed E-state index contributed by atoms with van der Waals surface area (Å²) >= 11 is 0. The molecule has 0 aliphatic heterocycles. The summed E-state index contributed by atoms with van der Waals surface area (Å²) < 4.78 is 0. The van der Waals surface area contributed by atoms with E-state index < -0.39 is 36.0 Å². The van der Waals surface area contributed by atoms with E-state index in [1.165, 1.54) is 0 Å². The van der Waals surface area contributed by atoms with Crippen molar-refractivity contribution in [3.8, 4) is 0 Å². The van der Waals surface area contributed by atoms with Crippen molar-refractivity contribution in [1.29, 1.82) is 0 Å². The molecule has 0 fully saturated rings. The van der Waals surface area contributed by atoms with E-state index in [2.05, 4.69) is 12.2 Å². The van der Waals surface area contributed by atoms with Gasteiger partial charge in [0.15, 0.2) is 0 Å². The third-order valence-corrected chi connectivity index (χ3v) is 4.75. The van der Waals surface area contributed by atoms with E-state index in [1.54, 1.807) is 6.08 Å². The van der Waals surface area contributed by atoms with Gasteiger partial charge in [0.1, 0.15) is 12.3 Å². The highest BCUT2D eigenvalue weighted by Gasteiger charge is 2.37. The first-order chi connectivity index (χ1) is 10.9. The summed E-state index contributed by atoms with van der Waals surface area (Å²) in [6.07, 6.45) is 6.70. The molecule has 4 N–H and O–H groups in total. The lowest BCUT2D eigenvalue weighted by Crippen LogP contribution is -2.52. The summed E-state index contributed by atoms with van der Waals surface area (Å²) in [6.45, 7) is 3.99. The molecule has 6 heteroatoms. The Labute approximate surface area is 137 Å². The van der Waals surface area contributed by atoms with Crippen LogP contribution in [-0.2, 0) is 9.59 Å². The number of carboxylic acid groups (broad SMARTS) is 2. The van der Waals surface area contributed by atoms with Crippen LogP contribution in [0, 0.1) is 17.8 Å². The van der Waals surface area contributed by atoms with Gasteiger partial charge in [-0.2, -0.15) is 0 Å². The number of nitrogens with one attached hydrogen (secondary N) is 1. The molecule has 0 saturated heterocycles. The van der Waals surface area contributed by atoms with Crippen molar-refractivity contribution in [1.82, 2.24) is 5.32 Å². The molecule has 5 atom stereocenters. The van der Waals surface area contributed by atoms with Gasteiger partial charge in [-0.1, -0.05) is 45.3 Å². The maximum absolute atomic E-state index is 11.6. The Morgan fingerprint density at radius 3 is 2.39 bits per heavy atom. The smallest absolute Gasteiger partial charge is 0.321 e. The molecule has 0 aromatic heterocycles. The second kappa shape index (κ2) is 9.67. The number of unbranched alkanes of at least 4 members (excludes halogenated alkanes) is 1. The number of hydrogen-bond acceptors (Lipinski definition) is 4. The van der Waals surface area contributed by atoms with E-state index in [4.69, 9.17) is 0 Å². The van der Waals surface area contributed by atoms with Crippen molar-refractivity contribution in [2.45, 2.75) is 64.6 Å². The molecule has 0 radical (unpaired) electrons. The zero-order chi connectivity index (χ0) is 17.4. The second-order valence-corrected chi connectivity index (χ2v) is 6.29.